The van der Waals surface area contributed by atoms with Crippen LogP contribution in [0.2, 0.25) is 0 Å². The summed E-state index contributed by atoms with van der Waals surface area (Å²) in [6.07, 6.45) is 0. The molecule has 0 aliphatic carbocycles. The van der Waals surface area contributed by atoms with Crippen molar-refractivity contribution in [3.8, 4) is 17.2 Å². The summed E-state index contributed by atoms with van der Waals surface area (Å²) >= 11 is 0. The molecule has 4 rings (SSSR count). The Balaban J connectivity index is 1.45. The van der Waals surface area contributed by atoms with Crippen LogP contribution in [0.5, 0.6) is 17.2 Å². The lowest BCUT2D eigenvalue weighted by molar-refractivity contribution is 0.0533. The zero-order valence-electron chi connectivity index (χ0n) is 17.5. The third-order valence-corrected chi connectivity index (χ3v) is 5.58. The molecule has 2 amide bonds. The predicted molar refractivity (Wildman–Crippen MR) is 117 cm³/mol. The Morgan fingerprint density at radius 1 is 0.774 bits per heavy atom. The van der Waals surface area contributed by atoms with E-state index in [1.807, 2.05) is 24.3 Å². The third-order valence-electron chi connectivity index (χ3n) is 5.58. The molecule has 0 spiro atoms. The summed E-state index contributed by atoms with van der Waals surface area (Å²) < 4.78 is 10.5. The van der Waals surface area contributed by atoms with Gasteiger partial charge in [-0.1, -0.05) is 24.3 Å². The summed E-state index contributed by atoms with van der Waals surface area (Å²) in [7, 11) is 3.07. The Hall–Kier alpha value is -3.74. The van der Waals surface area contributed by atoms with Crippen molar-refractivity contribution in [3.05, 3.63) is 65.7 Å². The Labute approximate surface area is 180 Å². The zero-order valence-corrected chi connectivity index (χ0v) is 17.5. The molecule has 160 valence electrons. The summed E-state index contributed by atoms with van der Waals surface area (Å²) in [5.74, 6) is 0.661. The second-order valence-corrected chi connectivity index (χ2v) is 7.37. The molecule has 0 unspecified atom stereocenters. The van der Waals surface area contributed by atoms with Crippen molar-refractivity contribution in [2.75, 3.05) is 40.4 Å². The minimum Gasteiger partial charge on any atom is -0.507 e. The Morgan fingerprint density at radius 3 is 1.97 bits per heavy atom. The average Bonchev–Trinajstić information content (AvgIpc) is 2.82. The normalized spacial score (nSPS) is 13.9. The number of rotatable bonds is 4. The number of fused-ring (bicyclic) bond motifs is 1. The quantitative estimate of drug-likeness (QED) is 0.701. The molecule has 7 heteroatoms. The van der Waals surface area contributed by atoms with Gasteiger partial charge in [0, 0.05) is 31.7 Å². The van der Waals surface area contributed by atoms with E-state index in [0.29, 0.717) is 43.2 Å². The van der Waals surface area contributed by atoms with Crippen molar-refractivity contribution in [2.24, 2.45) is 0 Å². The van der Waals surface area contributed by atoms with Crippen molar-refractivity contribution < 1.29 is 24.2 Å². The molecule has 7 nitrogen and oxygen atoms in total. The standard InChI is InChI=1S/C24H24N2O5/c1-30-21-8-7-18(15-22(21)31-2)23(28)25-9-11-26(12-10-25)24(29)19-13-16-5-3-4-6-17(16)14-20(19)27/h3-8,13-15,27H,9-12H2,1-2H3. The van der Waals surface area contributed by atoms with Gasteiger partial charge in [-0.2, -0.15) is 0 Å². The van der Waals surface area contributed by atoms with Gasteiger partial charge in [0.25, 0.3) is 11.8 Å². The van der Waals surface area contributed by atoms with Gasteiger partial charge in [0.05, 0.1) is 19.8 Å². The van der Waals surface area contributed by atoms with Crippen LogP contribution in [-0.2, 0) is 0 Å². The highest BCUT2D eigenvalue weighted by Gasteiger charge is 2.27. The summed E-state index contributed by atoms with van der Waals surface area (Å²) in [6.45, 7) is 1.61. The maximum Gasteiger partial charge on any atom is 0.257 e. The number of methoxy groups -OCH3 is 2. The fourth-order valence-corrected chi connectivity index (χ4v) is 3.83. The summed E-state index contributed by atoms with van der Waals surface area (Å²) in [6, 6.07) is 16.0. The lowest BCUT2D eigenvalue weighted by Gasteiger charge is -2.35. The topological polar surface area (TPSA) is 79.3 Å². The van der Waals surface area contributed by atoms with E-state index in [9.17, 15) is 14.7 Å². The average molecular weight is 420 g/mol. The van der Waals surface area contributed by atoms with E-state index in [-0.39, 0.29) is 23.1 Å². The summed E-state index contributed by atoms with van der Waals surface area (Å²) in [5, 5.41) is 12.1. The van der Waals surface area contributed by atoms with Gasteiger partial charge in [0.1, 0.15) is 5.75 Å². The van der Waals surface area contributed by atoms with Gasteiger partial charge in [0.15, 0.2) is 11.5 Å². The molecule has 1 heterocycles. The Bertz CT molecular complexity index is 1140. The molecule has 1 N–H and O–H groups in total. The summed E-state index contributed by atoms with van der Waals surface area (Å²) in [4.78, 5) is 29.3. The first-order chi connectivity index (χ1) is 15.0. The number of phenols is 1. The Morgan fingerprint density at radius 2 is 1.35 bits per heavy atom. The number of hydrogen-bond acceptors (Lipinski definition) is 5. The van der Waals surface area contributed by atoms with E-state index in [1.54, 1.807) is 47.2 Å². The van der Waals surface area contributed by atoms with E-state index < -0.39 is 0 Å². The molecule has 31 heavy (non-hydrogen) atoms. The minimum absolute atomic E-state index is 0.0347. The molecular weight excluding hydrogens is 396 g/mol. The first kappa shape index (κ1) is 20.5. The number of nitrogens with zero attached hydrogens (tertiary/aromatic N) is 2. The second-order valence-electron chi connectivity index (χ2n) is 7.37. The van der Waals surface area contributed by atoms with E-state index in [2.05, 4.69) is 0 Å². The Kier molecular flexibility index (Phi) is 5.66. The molecule has 3 aromatic carbocycles. The molecule has 0 radical (unpaired) electrons. The number of aromatic hydroxyl groups is 1. The highest BCUT2D eigenvalue weighted by atomic mass is 16.5. The molecule has 1 fully saturated rings. The van der Waals surface area contributed by atoms with Gasteiger partial charge >= 0.3 is 0 Å². The van der Waals surface area contributed by atoms with Gasteiger partial charge in [-0.25, -0.2) is 0 Å². The number of ether oxygens (including phenoxy) is 2. The van der Waals surface area contributed by atoms with Crippen molar-refractivity contribution in [1.29, 1.82) is 0 Å². The lowest BCUT2D eigenvalue weighted by Crippen LogP contribution is -2.50. The van der Waals surface area contributed by atoms with E-state index >= 15 is 0 Å². The maximum absolute atomic E-state index is 13.0. The van der Waals surface area contributed by atoms with Crippen molar-refractivity contribution in [1.82, 2.24) is 9.80 Å². The van der Waals surface area contributed by atoms with Gasteiger partial charge in [-0.05, 0) is 41.1 Å². The maximum atomic E-state index is 13.0. The number of carbonyl (C=O) groups excluding carboxylic acids is 2. The molecule has 0 bridgehead atoms. The van der Waals surface area contributed by atoms with Crippen molar-refractivity contribution in [2.45, 2.75) is 0 Å². The zero-order chi connectivity index (χ0) is 22.0. The van der Waals surface area contributed by atoms with E-state index in [4.69, 9.17) is 9.47 Å². The molecule has 3 aromatic rings. The van der Waals surface area contributed by atoms with Gasteiger partial charge in [-0.3, -0.25) is 9.59 Å². The molecule has 0 atom stereocenters. The fraction of sp³-hybridized carbons (Fsp3) is 0.250. The lowest BCUT2D eigenvalue weighted by atomic mass is 10.0. The number of amides is 2. The van der Waals surface area contributed by atoms with Crippen molar-refractivity contribution >= 4 is 22.6 Å². The molecule has 1 saturated heterocycles. The van der Waals surface area contributed by atoms with Crippen LogP contribution < -0.4 is 9.47 Å². The molecule has 0 saturated carbocycles. The molecule has 1 aliphatic heterocycles. The van der Waals surface area contributed by atoms with Gasteiger partial charge in [0.2, 0.25) is 0 Å². The van der Waals surface area contributed by atoms with Crippen LogP contribution in [0.25, 0.3) is 10.8 Å². The van der Waals surface area contributed by atoms with Crippen LogP contribution in [0.15, 0.2) is 54.6 Å². The number of phenolic OH excluding ortho intramolecular Hbond substituents is 1. The number of hydrogen-bond donors (Lipinski definition) is 1. The SMILES string of the molecule is COc1ccc(C(=O)N2CCN(C(=O)c3cc4ccccc4cc3O)CC2)cc1OC. The highest BCUT2D eigenvalue weighted by molar-refractivity contribution is 6.01. The minimum atomic E-state index is -0.235. The van der Waals surface area contributed by atoms with Crippen LogP contribution in [-0.4, -0.2) is 67.1 Å². The van der Waals surface area contributed by atoms with Crippen LogP contribution in [0.3, 0.4) is 0 Å². The first-order valence-electron chi connectivity index (χ1n) is 10.0. The first-order valence-corrected chi connectivity index (χ1v) is 10.0. The van der Waals surface area contributed by atoms with Gasteiger partial charge in [-0.15, -0.1) is 0 Å². The molecular formula is C24H24N2O5. The molecule has 1 aliphatic rings. The fourth-order valence-electron chi connectivity index (χ4n) is 3.83. The molecule has 0 aromatic heterocycles. The third kappa shape index (κ3) is 3.99. The smallest absolute Gasteiger partial charge is 0.257 e. The van der Waals surface area contributed by atoms with Crippen LogP contribution in [0, 0.1) is 0 Å². The largest absolute Gasteiger partial charge is 0.507 e. The number of benzene rings is 3. The van der Waals surface area contributed by atoms with E-state index in [0.717, 1.165) is 10.8 Å². The van der Waals surface area contributed by atoms with Crippen LogP contribution in [0.1, 0.15) is 20.7 Å². The second kappa shape index (κ2) is 8.55. The highest BCUT2D eigenvalue weighted by Crippen LogP contribution is 2.29. The van der Waals surface area contributed by atoms with Crippen molar-refractivity contribution in [3.63, 3.8) is 0 Å². The van der Waals surface area contributed by atoms with E-state index in [1.165, 1.54) is 7.11 Å². The summed E-state index contributed by atoms with van der Waals surface area (Å²) in [5.41, 5.74) is 0.781. The van der Waals surface area contributed by atoms with Crippen LogP contribution in [0.4, 0.5) is 0 Å². The van der Waals surface area contributed by atoms with Gasteiger partial charge < -0.3 is 24.4 Å². The van der Waals surface area contributed by atoms with Crippen LogP contribution >= 0.6 is 0 Å². The number of piperazine rings is 1. The predicted octanol–water partition coefficient (Wildman–Crippen LogP) is 3.16. The number of carbonyl (C=O) groups is 2. The monoisotopic (exact) mass is 420 g/mol.